The van der Waals surface area contributed by atoms with Crippen LogP contribution in [0.1, 0.15) is 37.5 Å². The molecule has 0 saturated carbocycles. The lowest BCUT2D eigenvalue weighted by molar-refractivity contribution is 0.152. The number of nitrogens with one attached hydrogen (secondary N) is 1. The van der Waals surface area contributed by atoms with E-state index in [-0.39, 0.29) is 19.2 Å². The van der Waals surface area contributed by atoms with Crippen molar-refractivity contribution in [3.05, 3.63) is 54.0 Å². The number of rotatable bonds is 7. The van der Waals surface area contributed by atoms with E-state index in [0.29, 0.717) is 18.3 Å². The number of urea groups is 1. The Morgan fingerprint density at radius 2 is 2.22 bits per heavy atom. The van der Waals surface area contributed by atoms with Gasteiger partial charge in [0.2, 0.25) is 0 Å². The molecule has 1 aliphatic heterocycles. The Labute approximate surface area is 160 Å². The molecule has 0 spiro atoms. The number of hydrogen-bond acceptors (Lipinski definition) is 4. The van der Waals surface area contributed by atoms with Gasteiger partial charge < -0.3 is 19.7 Å². The smallest absolute Gasteiger partial charge is 0.322 e. The SMILES string of the molecule is C[C@H]1CCCCN1Cc1cccc(NC(=O)N(CCO)Cc2ccco2)c1. The highest BCUT2D eigenvalue weighted by molar-refractivity contribution is 5.89. The number of anilines is 1. The Hall–Kier alpha value is -2.31. The zero-order valence-corrected chi connectivity index (χ0v) is 15.9. The van der Waals surface area contributed by atoms with Crippen LogP contribution in [-0.2, 0) is 13.1 Å². The quantitative estimate of drug-likeness (QED) is 0.779. The summed E-state index contributed by atoms with van der Waals surface area (Å²) in [6.45, 7) is 4.79. The molecule has 2 aromatic rings. The zero-order chi connectivity index (χ0) is 19.1. The minimum atomic E-state index is -0.246. The summed E-state index contributed by atoms with van der Waals surface area (Å²) in [5.74, 6) is 0.687. The summed E-state index contributed by atoms with van der Waals surface area (Å²) in [6, 6.07) is 12.0. The normalized spacial score (nSPS) is 17.6. The van der Waals surface area contributed by atoms with Gasteiger partial charge in [-0.25, -0.2) is 4.79 Å². The summed E-state index contributed by atoms with van der Waals surface area (Å²) in [5, 5.41) is 12.2. The van der Waals surface area contributed by atoms with Gasteiger partial charge in [0.1, 0.15) is 5.76 Å². The maximum atomic E-state index is 12.6. The third kappa shape index (κ3) is 5.58. The van der Waals surface area contributed by atoms with E-state index in [0.717, 1.165) is 18.8 Å². The molecule has 1 aromatic carbocycles. The molecule has 0 aliphatic carbocycles. The van der Waals surface area contributed by atoms with Crippen LogP contribution >= 0.6 is 0 Å². The van der Waals surface area contributed by atoms with Crippen LogP contribution in [0.3, 0.4) is 0 Å². The van der Waals surface area contributed by atoms with Gasteiger partial charge in [0.15, 0.2) is 0 Å². The second-order valence-corrected chi connectivity index (χ2v) is 7.17. The standard InChI is InChI=1S/C21H29N3O3/c1-17-6-2-3-10-23(17)15-18-7-4-8-19(14-18)22-21(26)24(11-12-25)16-20-9-5-13-27-20/h4-5,7-9,13-14,17,25H,2-3,6,10-12,15-16H2,1H3,(H,22,26)/t17-/m0/s1. The van der Waals surface area contributed by atoms with Crippen molar-refractivity contribution in [1.29, 1.82) is 0 Å². The molecule has 146 valence electrons. The first kappa shape index (κ1) is 19.5. The van der Waals surface area contributed by atoms with Crippen molar-refractivity contribution in [1.82, 2.24) is 9.80 Å². The van der Waals surface area contributed by atoms with Gasteiger partial charge in [-0.15, -0.1) is 0 Å². The third-order valence-corrected chi connectivity index (χ3v) is 5.09. The van der Waals surface area contributed by atoms with Crippen molar-refractivity contribution >= 4 is 11.7 Å². The van der Waals surface area contributed by atoms with Crippen molar-refractivity contribution < 1.29 is 14.3 Å². The zero-order valence-electron chi connectivity index (χ0n) is 15.9. The number of furan rings is 1. The maximum Gasteiger partial charge on any atom is 0.322 e. The molecular weight excluding hydrogens is 342 g/mol. The van der Waals surface area contributed by atoms with E-state index >= 15 is 0 Å². The van der Waals surface area contributed by atoms with Crippen LogP contribution in [0.5, 0.6) is 0 Å². The van der Waals surface area contributed by atoms with Crippen LogP contribution < -0.4 is 5.32 Å². The van der Waals surface area contributed by atoms with Gasteiger partial charge in [0, 0.05) is 24.8 Å². The molecule has 6 heteroatoms. The maximum absolute atomic E-state index is 12.6. The number of carbonyl (C=O) groups excluding carboxylic acids is 1. The number of nitrogens with zero attached hydrogens (tertiary/aromatic N) is 2. The minimum Gasteiger partial charge on any atom is -0.467 e. The Morgan fingerprint density at radius 3 is 2.96 bits per heavy atom. The lowest BCUT2D eigenvalue weighted by atomic mass is 10.0. The molecule has 0 unspecified atom stereocenters. The Bertz CT molecular complexity index is 717. The summed E-state index contributed by atoms with van der Waals surface area (Å²) in [7, 11) is 0. The van der Waals surface area contributed by atoms with E-state index < -0.39 is 0 Å². The molecule has 3 rings (SSSR count). The van der Waals surface area contributed by atoms with Gasteiger partial charge in [-0.1, -0.05) is 18.6 Å². The number of amides is 2. The fraction of sp³-hybridized carbons (Fsp3) is 0.476. The fourth-order valence-corrected chi connectivity index (χ4v) is 3.54. The highest BCUT2D eigenvalue weighted by Gasteiger charge is 2.19. The van der Waals surface area contributed by atoms with Crippen molar-refractivity contribution in [2.45, 2.75) is 45.3 Å². The van der Waals surface area contributed by atoms with Gasteiger partial charge in [-0.2, -0.15) is 0 Å². The molecule has 1 fully saturated rings. The van der Waals surface area contributed by atoms with Gasteiger partial charge >= 0.3 is 6.03 Å². The number of piperidine rings is 1. The first-order valence-electron chi connectivity index (χ1n) is 9.68. The van der Waals surface area contributed by atoms with Crippen LogP contribution in [0.15, 0.2) is 47.1 Å². The fourth-order valence-electron chi connectivity index (χ4n) is 3.54. The van der Waals surface area contributed by atoms with Gasteiger partial charge in [0.25, 0.3) is 0 Å². The third-order valence-electron chi connectivity index (χ3n) is 5.09. The van der Waals surface area contributed by atoms with Gasteiger partial charge in [-0.3, -0.25) is 4.90 Å². The molecule has 0 bridgehead atoms. The molecule has 1 atom stereocenters. The molecule has 2 amide bonds. The first-order valence-corrected chi connectivity index (χ1v) is 9.68. The van der Waals surface area contributed by atoms with Crippen molar-refractivity contribution in [3.8, 4) is 0 Å². The molecule has 6 nitrogen and oxygen atoms in total. The Kier molecular flexibility index (Phi) is 6.90. The second-order valence-electron chi connectivity index (χ2n) is 7.17. The van der Waals surface area contributed by atoms with E-state index in [1.165, 1.54) is 29.7 Å². The highest BCUT2D eigenvalue weighted by Crippen LogP contribution is 2.21. The average molecular weight is 371 g/mol. The van der Waals surface area contributed by atoms with Crippen LogP contribution in [-0.4, -0.2) is 46.7 Å². The van der Waals surface area contributed by atoms with Gasteiger partial charge in [-0.05, 0) is 56.1 Å². The first-order chi connectivity index (χ1) is 13.2. The summed E-state index contributed by atoms with van der Waals surface area (Å²) in [6.07, 6.45) is 5.39. The van der Waals surface area contributed by atoms with E-state index in [4.69, 9.17) is 4.42 Å². The number of carbonyl (C=O) groups is 1. The largest absolute Gasteiger partial charge is 0.467 e. The van der Waals surface area contributed by atoms with E-state index in [2.05, 4.69) is 23.2 Å². The van der Waals surface area contributed by atoms with E-state index in [1.807, 2.05) is 24.3 Å². The topological polar surface area (TPSA) is 69.0 Å². The minimum absolute atomic E-state index is 0.0962. The van der Waals surface area contributed by atoms with Crippen molar-refractivity contribution in [2.75, 3.05) is 25.0 Å². The molecule has 1 aromatic heterocycles. The number of hydrogen-bond donors (Lipinski definition) is 2. The molecule has 1 aliphatic rings. The number of likely N-dealkylation sites (tertiary alicyclic amines) is 1. The second kappa shape index (κ2) is 9.58. The number of aliphatic hydroxyl groups excluding tert-OH is 1. The molecule has 27 heavy (non-hydrogen) atoms. The summed E-state index contributed by atoms with van der Waals surface area (Å²) in [4.78, 5) is 16.7. The van der Waals surface area contributed by atoms with Crippen LogP contribution in [0.2, 0.25) is 0 Å². The molecule has 2 heterocycles. The predicted molar refractivity (Wildman–Crippen MR) is 105 cm³/mol. The summed E-state index contributed by atoms with van der Waals surface area (Å²) >= 11 is 0. The monoisotopic (exact) mass is 371 g/mol. The Morgan fingerprint density at radius 1 is 1.33 bits per heavy atom. The summed E-state index contributed by atoms with van der Waals surface area (Å²) < 4.78 is 5.32. The predicted octanol–water partition coefficient (Wildman–Crippen LogP) is 3.68. The van der Waals surface area contributed by atoms with E-state index in [9.17, 15) is 9.90 Å². The lowest BCUT2D eigenvalue weighted by Gasteiger charge is -2.33. The van der Waals surface area contributed by atoms with Crippen molar-refractivity contribution in [3.63, 3.8) is 0 Å². The summed E-state index contributed by atoms with van der Waals surface area (Å²) in [5.41, 5.74) is 1.96. The van der Waals surface area contributed by atoms with Crippen molar-refractivity contribution in [2.24, 2.45) is 0 Å². The molecule has 2 N–H and O–H groups in total. The van der Waals surface area contributed by atoms with Crippen LogP contribution in [0, 0.1) is 0 Å². The molecular formula is C21H29N3O3. The average Bonchev–Trinajstić information content (AvgIpc) is 3.17. The Balaban J connectivity index is 1.62. The van der Waals surface area contributed by atoms with Crippen LogP contribution in [0.4, 0.5) is 10.5 Å². The molecule has 0 radical (unpaired) electrons. The van der Waals surface area contributed by atoms with E-state index in [1.54, 1.807) is 12.3 Å². The number of aliphatic hydroxyl groups is 1. The molecule has 1 saturated heterocycles. The number of benzene rings is 1. The highest BCUT2D eigenvalue weighted by atomic mass is 16.3. The lowest BCUT2D eigenvalue weighted by Crippen LogP contribution is -2.37. The van der Waals surface area contributed by atoms with Gasteiger partial charge in [0.05, 0.1) is 19.4 Å². The van der Waals surface area contributed by atoms with Crippen LogP contribution in [0.25, 0.3) is 0 Å².